The van der Waals surface area contributed by atoms with Gasteiger partial charge in [-0.15, -0.1) is 0 Å². The number of carbonyl (C=O) groups is 4. The summed E-state index contributed by atoms with van der Waals surface area (Å²) < 4.78 is 40.5. The van der Waals surface area contributed by atoms with E-state index in [1.165, 1.54) is 19.1 Å². The molecule has 6 aliphatic rings. The molecule has 3 saturated heterocycles. The van der Waals surface area contributed by atoms with Gasteiger partial charge in [0.05, 0.1) is 32.3 Å². The zero-order valence-electron chi connectivity index (χ0n) is 31.2. The Bertz CT molecular complexity index is 1650. The summed E-state index contributed by atoms with van der Waals surface area (Å²) in [6, 6.07) is 0. The van der Waals surface area contributed by atoms with Crippen LogP contribution >= 0.6 is 0 Å². The SMILES string of the molecule is C=C(/C=C(\C)C(C)(C)OC(C)=O)O[C@H]1C(=O)O[C@@H]2C[C@H]3[C@H](C)C(=O)C(O[C@@H]4O[C@H](CO)[C@@H](O)[C@H](O)[C@H]4O)=C[C@]3(C)[C@H]3[C@@H](O)[C@H](O)[C@@]4(C(=O)OC)OC[C@]32[C@@H]14. The molecule has 300 valence electrons. The highest BCUT2D eigenvalue weighted by molar-refractivity contribution is 5.96. The van der Waals surface area contributed by atoms with E-state index in [1.807, 2.05) is 0 Å². The predicted octanol–water partition coefficient (Wildman–Crippen LogP) is -1.06. The first kappa shape index (κ1) is 40.2. The lowest BCUT2D eigenvalue weighted by atomic mass is 9.38. The number of aliphatic hydroxyl groups is 6. The van der Waals surface area contributed by atoms with Gasteiger partial charge in [-0.3, -0.25) is 9.59 Å². The number of allylic oxidation sites excluding steroid dienone is 3. The highest BCUT2D eigenvalue weighted by Crippen LogP contribution is 2.72. The van der Waals surface area contributed by atoms with Crippen molar-refractivity contribution >= 4 is 23.7 Å². The molecule has 3 heterocycles. The molecule has 0 aromatic rings. The number of ether oxygens (including phenoxy) is 7. The van der Waals surface area contributed by atoms with Gasteiger partial charge in [-0.2, -0.15) is 0 Å². The molecule has 0 radical (unpaired) electrons. The third-order valence-corrected chi connectivity index (χ3v) is 12.9. The van der Waals surface area contributed by atoms with Crippen LogP contribution in [0.15, 0.2) is 35.8 Å². The second-order valence-electron chi connectivity index (χ2n) is 16.1. The van der Waals surface area contributed by atoms with Crippen LogP contribution in [-0.2, 0) is 52.3 Å². The summed E-state index contributed by atoms with van der Waals surface area (Å²) in [4.78, 5) is 53.5. The van der Waals surface area contributed by atoms with Gasteiger partial charge in [0, 0.05) is 24.2 Å². The van der Waals surface area contributed by atoms with Crippen LogP contribution < -0.4 is 0 Å². The third-order valence-electron chi connectivity index (χ3n) is 12.9. The Hall–Kier alpha value is -3.42. The highest BCUT2D eigenvalue weighted by Gasteiger charge is 2.85. The lowest BCUT2D eigenvalue weighted by molar-refractivity contribution is -0.296. The van der Waals surface area contributed by atoms with Gasteiger partial charge in [-0.25, -0.2) is 9.59 Å². The van der Waals surface area contributed by atoms with E-state index in [0.717, 1.165) is 7.11 Å². The van der Waals surface area contributed by atoms with Crippen molar-refractivity contribution in [3.63, 3.8) is 0 Å². The Morgan fingerprint density at radius 1 is 1.06 bits per heavy atom. The fourth-order valence-electron chi connectivity index (χ4n) is 10.2. The Kier molecular flexibility index (Phi) is 10.2. The topological polar surface area (TPSA) is 254 Å². The molecule has 2 bridgehead atoms. The summed E-state index contributed by atoms with van der Waals surface area (Å²) >= 11 is 0. The van der Waals surface area contributed by atoms with E-state index in [0.29, 0.717) is 5.57 Å². The Morgan fingerprint density at radius 2 is 1.72 bits per heavy atom. The Labute approximate surface area is 311 Å². The fourth-order valence-corrected chi connectivity index (χ4v) is 10.2. The molecule has 17 heteroatoms. The third kappa shape index (κ3) is 5.64. The van der Waals surface area contributed by atoms with Crippen molar-refractivity contribution in [3.05, 3.63) is 35.8 Å². The van der Waals surface area contributed by atoms with Gasteiger partial charge in [0.2, 0.25) is 18.0 Å². The summed E-state index contributed by atoms with van der Waals surface area (Å²) in [5.74, 6) is -7.39. The zero-order chi connectivity index (χ0) is 40.0. The molecule has 6 N–H and O–H groups in total. The minimum Gasteiger partial charge on any atom is -0.479 e. The molecule has 17 nitrogen and oxygen atoms in total. The lowest BCUT2D eigenvalue weighted by Gasteiger charge is -2.67. The van der Waals surface area contributed by atoms with Gasteiger partial charge < -0.3 is 63.8 Å². The summed E-state index contributed by atoms with van der Waals surface area (Å²) in [5.41, 5.74) is -5.64. The minimum absolute atomic E-state index is 0.0542. The number of carbonyl (C=O) groups excluding carboxylic acids is 4. The number of fused-ring (bicyclic) bond motifs is 2. The standard InChI is InChI=1S/C37H50O17/c1-14(34(5,6)54-17(4)39)9-15(2)50-27-29-36-13-49-37(29,33(47)48-8)30(45)26(44)28(36)35(7)11-19(22(40)16(3)18(35)10-21(36)53-31(27)46)51-32-25(43)24(42)23(41)20(12-38)52-32/h9,11,16,18,20-21,23-30,32,38,41-45H,2,10,12-13H2,1,3-8H3/b14-9+/t16-,18-,20+,21+,23+,24-,25+,26+,27+,28+,29+,30-,32+,35-,36+,37-/m0/s1. The minimum atomic E-state index is -2.32. The van der Waals surface area contributed by atoms with Crippen LogP contribution in [0.3, 0.4) is 0 Å². The normalized spacial score (nSPS) is 45.6. The average molecular weight is 767 g/mol. The van der Waals surface area contributed by atoms with E-state index in [-0.39, 0.29) is 24.5 Å². The van der Waals surface area contributed by atoms with E-state index in [9.17, 15) is 49.8 Å². The summed E-state index contributed by atoms with van der Waals surface area (Å²) in [5, 5.41) is 65.3. The van der Waals surface area contributed by atoms with Crippen LogP contribution in [0.1, 0.15) is 48.0 Å². The van der Waals surface area contributed by atoms with Crippen LogP contribution in [-0.4, -0.2) is 141 Å². The first-order chi connectivity index (χ1) is 25.1. The zero-order valence-corrected chi connectivity index (χ0v) is 31.2. The highest BCUT2D eigenvalue weighted by atomic mass is 16.7. The van der Waals surface area contributed by atoms with Crippen molar-refractivity contribution in [2.75, 3.05) is 20.3 Å². The van der Waals surface area contributed by atoms with Crippen LogP contribution in [0, 0.1) is 34.5 Å². The van der Waals surface area contributed by atoms with Gasteiger partial charge in [0.15, 0.2) is 11.5 Å². The number of ketones is 1. The van der Waals surface area contributed by atoms with Crippen LogP contribution in [0.25, 0.3) is 0 Å². The molecule has 0 amide bonds. The van der Waals surface area contributed by atoms with Gasteiger partial charge in [-0.1, -0.05) is 20.4 Å². The van der Waals surface area contributed by atoms with Crippen molar-refractivity contribution in [1.82, 2.24) is 0 Å². The van der Waals surface area contributed by atoms with Crippen molar-refractivity contribution in [3.8, 4) is 0 Å². The molecule has 54 heavy (non-hydrogen) atoms. The molecule has 3 aliphatic heterocycles. The van der Waals surface area contributed by atoms with Gasteiger partial charge >= 0.3 is 17.9 Å². The molecule has 2 saturated carbocycles. The van der Waals surface area contributed by atoms with Crippen molar-refractivity contribution in [2.24, 2.45) is 34.5 Å². The van der Waals surface area contributed by atoms with Crippen LogP contribution in [0.2, 0.25) is 0 Å². The first-order valence-electron chi connectivity index (χ1n) is 17.9. The van der Waals surface area contributed by atoms with E-state index in [4.69, 9.17) is 33.2 Å². The first-order valence-corrected chi connectivity index (χ1v) is 17.9. The molecule has 0 aromatic heterocycles. The molecular formula is C37H50O17. The molecule has 5 fully saturated rings. The summed E-state index contributed by atoms with van der Waals surface area (Å²) in [6.07, 6.45) is -11.8. The number of hydrogen-bond donors (Lipinski definition) is 6. The molecule has 16 atom stereocenters. The molecule has 0 aromatic carbocycles. The lowest BCUT2D eigenvalue weighted by Crippen LogP contribution is -2.79. The van der Waals surface area contributed by atoms with Crippen molar-refractivity contribution in [1.29, 1.82) is 0 Å². The van der Waals surface area contributed by atoms with Gasteiger partial charge in [-0.05, 0) is 56.3 Å². The number of methoxy groups -OCH3 is 1. The molecule has 6 rings (SSSR count). The number of Topliss-reactive ketones (excluding diaryl/α,β-unsaturated/α-hetero) is 1. The number of hydrogen-bond acceptors (Lipinski definition) is 17. The van der Waals surface area contributed by atoms with E-state index < -0.39 is 131 Å². The van der Waals surface area contributed by atoms with Crippen LogP contribution in [0.4, 0.5) is 0 Å². The van der Waals surface area contributed by atoms with Crippen molar-refractivity contribution < 1.29 is 83.0 Å². The Morgan fingerprint density at radius 3 is 2.33 bits per heavy atom. The summed E-state index contributed by atoms with van der Waals surface area (Å²) in [6.45, 7) is 12.5. The molecule has 3 aliphatic carbocycles. The number of aliphatic hydroxyl groups excluding tert-OH is 6. The average Bonchev–Trinajstić information content (AvgIpc) is 3.41. The van der Waals surface area contributed by atoms with E-state index in [2.05, 4.69) is 6.58 Å². The largest absolute Gasteiger partial charge is 0.479 e. The molecular weight excluding hydrogens is 716 g/mol. The molecule has 1 spiro atoms. The maximum absolute atomic E-state index is 14.0. The van der Waals surface area contributed by atoms with E-state index in [1.54, 1.807) is 34.6 Å². The Balaban J connectivity index is 1.45. The van der Waals surface area contributed by atoms with Crippen molar-refractivity contribution in [2.45, 2.75) is 114 Å². The second kappa shape index (κ2) is 13.7. The number of esters is 3. The fraction of sp³-hybridized carbons (Fsp3) is 0.730. The predicted molar refractivity (Wildman–Crippen MR) is 179 cm³/mol. The quantitative estimate of drug-likeness (QED) is 0.0708. The smallest absolute Gasteiger partial charge is 0.348 e. The van der Waals surface area contributed by atoms with E-state index >= 15 is 0 Å². The second-order valence-corrected chi connectivity index (χ2v) is 16.1. The maximum Gasteiger partial charge on any atom is 0.348 e. The molecule has 0 unspecified atom stereocenters. The maximum atomic E-state index is 14.0. The summed E-state index contributed by atoms with van der Waals surface area (Å²) in [7, 11) is 1.07. The van der Waals surface area contributed by atoms with Crippen LogP contribution in [0.5, 0.6) is 0 Å². The van der Waals surface area contributed by atoms with Gasteiger partial charge in [0.1, 0.15) is 48.0 Å². The number of rotatable bonds is 9. The van der Waals surface area contributed by atoms with Gasteiger partial charge in [0.25, 0.3) is 0 Å². The monoisotopic (exact) mass is 766 g/mol.